The van der Waals surface area contributed by atoms with Gasteiger partial charge >= 0.3 is 0 Å². The van der Waals surface area contributed by atoms with Crippen molar-refractivity contribution in [3.63, 3.8) is 0 Å². The number of amidine groups is 1. The van der Waals surface area contributed by atoms with Gasteiger partial charge in [-0.3, -0.25) is 9.69 Å². The number of carbonyl (C=O) groups is 2. The van der Waals surface area contributed by atoms with E-state index in [0.29, 0.717) is 15.6 Å². The number of carbonyl (C=O) groups excluding carboxylic acids is 2. The van der Waals surface area contributed by atoms with Gasteiger partial charge in [0.15, 0.2) is 5.17 Å². The lowest BCUT2D eigenvalue weighted by atomic mass is 10.2. The summed E-state index contributed by atoms with van der Waals surface area (Å²) in [5.74, 6) is -1.26. The molecule has 1 heterocycles. The predicted molar refractivity (Wildman–Crippen MR) is 109 cm³/mol. The van der Waals surface area contributed by atoms with E-state index in [2.05, 4.69) is 4.99 Å². The Labute approximate surface area is 171 Å². The average Bonchev–Trinajstić information content (AvgIpc) is 2.91. The summed E-state index contributed by atoms with van der Waals surface area (Å²) in [5.41, 5.74) is 2.59. The van der Waals surface area contributed by atoms with E-state index in [1.807, 2.05) is 31.2 Å². The van der Waals surface area contributed by atoms with Crippen LogP contribution in [0, 0.1) is 6.92 Å². The highest BCUT2D eigenvalue weighted by molar-refractivity contribution is 8.18. The third-order valence-electron chi connectivity index (χ3n) is 3.86. The fourth-order valence-corrected chi connectivity index (χ4v) is 3.62. The SMILES string of the molecule is Cc1ccc(N=C2S/C(=C\c3ccc(OCC(=O)[O-])c(Cl)c3)C(=O)N2C)cc1. The highest BCUT2D eigenvalue weighted by Gasteiger charge is 2.30. The molecule has 8 heteroatoms. The number of ether oxygens (including phenoxy) is 1. The highest BCUT2D eigenvalue weighted by atomic mass is 35.5. The number of hydrogen-bond donors (Lipinski definition) is 0. The number of carboxylic acids is 1. The number of halogens is 1. The summed E-state index contributed by atoms with van der Waals surface area (Å²) in [5, 5.41) is 11.3. The maximum atomic E-state index is 12.5. The van der Waals surface area contributed by atoms with Gasteiger partial charge in [-0.15, -0.1) is 0 Å². The Morgan fingerprint density at radius 2 is 2.00 bits per heavy atom. The van der Waals surface area contributed by atoms with E-state index in [1.54, 1.807) is 31.3 Å². The van der Waals surface area contributed by atoms with Crippen LogP contribution in [0.1, 0.15) is 11.1 Å². The molecule has 0 spiro atoms. The fraction of sp³-hybridized carbons (Fsp3) is 0.150. The van der Waals surface area contributed by atoms with Crippen LogP contribution < -0.4 is 9.84 Å². The normalized spacial score (nSPS) is 16.8. The van der Waals surface area contributed by atoms with Crippen molar-refractivity contribution in [1.82, 2.24) is 4.90 Å². The Balaban J connectivity index is 1.80. The van der Waals surface area contributed by atoms with Crippen LogP contribution in [-0.4, -0.2) is 35.6 Å². The number of likely N-dealkylation sites (N-methyl/N-ethyl adjacent to an activating group) is 1. The topological polar surface area (TPSA) is 82.0 Å². The van der Waals surface area contributed by atoms with Gasteiger partial charge in [0.25, 0.3) is 5.91 Å². The first-order chi connectivity index (χ1) is 13.3. The number of amides is 1. The first-order valence-corrected chi connectivity index (χ1v) is 9.48. The molecule has 2 aromatic rings. The maximum Gasteiger partial charge on any atom is 0.266 e. The van der Waals surface area contributed by atoms with Crippen LogP contribution in [0.2, 0.25) is 5.02 Å². The van der Waals surface area contributed by atoms with Crippen molar-refractivity contribution in [1.29, 1.82) is 0 Å². The standard InChI is InChI=1S/C20H17ClN2O4S/c1-12-3-6-14(7-4-12)22-20-23(2)19(26)17(28-20)10-13-5-8-16(15(21)9-13)27-11-18(24)25/h3-10H,11H2,1-2H3,(H,24,25)/p-1/b17-10-,22-20?. The van der Waals surface area contributed by atoms with Crippen LogP contribution in [0.25, 0.3) is 6.08 Å². The summed E-state index contributed by atoms with van der Waals surface area (Å²) in [6, 6.07) is 12.6. The van der Waals surface area contributed by atoms with E-state index in [4.69, 9.17) is 16.3 Å². The van der Waals surface area contributed by atoms with Crippen molar-refractivity contribution >= 4 is 52.2 Å². The molecule has 1 amide bonds. The molecule has 1 aliphatic rings. The van der Waals surface area contributed by atoms with Crippen molar-refractivity contribution in [3.8, 4) is 5.75 Å². The Bertz CT molecular complexity index is 986. The number of nitrogens with zero attached hydrogens (tertiary/aromatic N) is 2. The summed E-state index contributed by atoms with van der Waals surface area (Å²) in [6.45, 7) is 1.41. The zero-order chi connectivity index (χ0) is 20.3. The van der Waals surface area contributed by atoms with Crippen molar-refractivity contribution in [2.24, 2.45) is 4.99 Å². The number of hydrogen-bond acceptors (Lipinski definition) is 6. The molecule has 144 valence electrons. The third kappa shape index (κ3) is 4.74. The van der Waals surface area contributed by atoms with Gasteiger partial charge in [0.1, 0.15) is 12.4 Å². The second-order valence-corrected chi connectivity index (χ2v) is 7.47. The van der Waals surface area contributed by atoms with Crippen molar-refractivity contribution in [3.05, 3.63) is 63.5 Å². The number of benzene rings is 2. The Morgan fingerprint density at radius 1 is 1.29 bits per heavy atom. The number of aliphatic imine (C=N–C) groups is 1. The number of aliphatic carboxylic acids is 1. The van der Waals surface area contributed by atoms with E-state index >= 15 is 0 Å². The van der Waals surface area contributed by atoms with Crippen LogP contribution in [0.3, 0.4) is 0 Å². The minimum Gasteiger partial charge on any atom is -0.546 e. The molecule has 1 fully saturated rings. The van der Waals surface area contributed by atoms with Crippen molar-refractivity contribution in [2.75, 3.05) is 13.7 Å². The molecule has 28 heavy (non-hydrogen) atoms. The summed E-state index contributed by atoms with van der Waals surface area (Å²) < 4.78 is 5.04. The highest BCUT2D eigenvalue weighted by Crippen LogP contribution is 2.34. The van der Waals surface area contributed by atoms with Crippen molar-refractivity contribution < 1.29 is 19.4 Å². The molecule has 3 rings (SSSR count). The average molecular weight is 416 g/mol. The summed E-state index contributed by atoms with van der Waals surface area (Å²) in [6.07, 6.45) is 1.70. The molecule has 1 saturated heterocycles. The van der Waals surface area contributed by atoms with Gasteiger partial charge in [-0.1, -0.05) is 35.4 Å². The van der Waals surface area contributed by atoms with Gasteiger partial charge in [0.05, 0.1) is 21.6 Å². The first kappa shape index (κ1) is 20.0. The van der Waals surface area contributed by atoms with Crippen LogP contribution >= 0.6 is 23.4 Å². The summed E-state index contributed by atoms with van der Waals surface area (Å²) in [7, 11) is 1.67. The molecule has 0 radical (unpaired) electrons. The molecule has 0 saturated carbocycles. The Morgan fingerprint density at radius 3 is 2.64 bits per heavy atom. The van der Waals surface area contributed by atoms with E-state index in [0.717, 1.165) is 11.3 Å². The number of carboxylic acid groups (broad SMARTS) is 1. The smallest absolute Gasteiger partial charge is 0.266 e. The molecule has 0 aliphatic carbocycles. The summed E-state index contributed by atoms with van der Waals surface area (Å²) in [4.78, 5) is 29.5. The van der Waals surface area contributed by atoms with Crippen LogP contribution in [0.4, 0.5) is 5.69 Å². The van der Waals surface area contributed by atoms with E-state index in [9.17, 15) is 14.7 Å². The first-order valence-electron chi connectivity index (χ1n) is 8.28. The molecule has 0 unspecified atom stereocenters. The van der Waals surface area contributed by atoms with Gasteiger partial charge in [-0.2, -0.15) is 0 Å². The molecule has 0 N–H and O–H groups in total. The minimum atomic E-state index is -1.33. The lowest BCUT2D eigenvalue weighted by molar-refractivity contribution is -0.307. The molecule has 1 aliphatic heterocycles. The second-order valence-electron chi connectivity index (χ2n) is 6.06. The Hall–Kier alpha value is -2.77. The van der Waals surface area contributed by atoms with E-state index in [1.165, 1.54) is 16.7 Å². The van der Waals surface area contributed by atoms with Gasteiger partial charge < -0.3 is 14.6 Å². The van der Waals surface area contributed by atoms with E-state index in [-0.39, 0.29) is 16.7 Å². The fourth-order valence-electron chi connectivity index (χ4n) is 2.39. The Kier molecular flexibility index (Phi) is 6.06. The largest absolute Gasteiger partial charge is 0.546 e. The van der Waals surface area contributed by atoms with Crippen molar-refractivity contribution in [2.45, 2.75) is 6.92 Å². The second kappa shape index (κ2) is 8.50. The van der Waals surface area contributed by atoms with Gasteiger partial charge in [-0.05, 0) is 54.6 Å². The quantitative estimate of drug-likeness (QED) is 0.701. The lowest BCUT2D eigenvalue weighted by Gasteiger charge is -2.09. The van der Waals surface area contributed by atoms with Crippen LogP contribution in [0.5, 0.6) is 5.75 Å². The number of rotatable bonds is 5. The molecule has 0 aromatic heterocycles. The summed E-state index contributed by atoms with van der Waals surface area (Å²) >= 11 is 7.39. The number of aryl methyl sites for hydroxylation is 1. The third-order valence-corrected chi connectivity index (χ3v) is 5.22. The zero-order valence-corrected chi connectivity index (χ0v) is 16.7. The van der Waals surface area contributed by atoms with Gasteiger partial charge in [-0.25, -0.2) is 4.99 Å². The maximum absolute atomic E-state index is 12.5. The molecule has 0 atom stereocenters. The predicted octanol–water partition coefficient (Wildman–Crippen LogP) is 3.01. The molecular weight excluding hydrogens is 400 g/mol. The molecule has 2 aromatic carbocycles. The monoisotopic (exact) mass is 415 g/mol. The van der Waals surface area contributed by atoms with Crippen LogP contribution in [0.15, 0.2) is 52.4 Å². The lowest BCUT2D eigenvalue weighted by Crippen LogP contribution is -2.28. The van der Waals surface area contributed by atoms with Gasteiger partial charge in [0.2, 0.25) is 0 Å². The van der Waals surface area contributed by atoms with Gasteiger partial charge in [0, 0.05) is 7.05 Å². The minimum absolute atomic E-state index is 0.163. The van der Waals surface area contributed by atoms with E-state index < -0.39 is 12.6 Å². The molecule has 0 bridgehead atoms. The number of thioether (sulfide) groups is 1. The van der Waals surface area contributed by atoms with Crippen LogP contribution in [-0.2, 0) is 9.59 Å². The molecular formula is C20H16ClN2O4S-. The molecule has 6 nitrogen and oxygen atoms in total. The zero-order valence-electron chi connectivity index (χ0n) is 15.1.